The minimum absolute atomic E-state index is 0.115. The summed E-state index contributed by atoms with van der Waals surface area (Å²) >= 11 is 6.17. The molecule has 0 saturated carbocycles. The molecule has 9 nitrogen and oxygen atoms in total. The highest BCUT2D eigenvalue weighted by Crippen LogP contribution is 2.18. The molecule has 5 N–H and O–H groups in total. The third-order valence-electron chi connectivity index (χ3n) is 4.71. The number of oxime groups is 1. The quantitative estimate of drug-likeness (QED) is 0.165. The van der Waals surface area contributed by atoms with Gasteiger partial charge in [-0.15, -0.1) is 0 Å². The topological polar surface area (TPSA) is 131 Å². The molecule has 0 fully saturated rings. The number of amidine groups is 1. The van der Waals surface area contributed by atoms with Gasteiger partial charge in [0.25, 0.3) is 11.5 Å². The molecule has 1 heterocycles. The highest BCUT2D eigenvalue weighted by atomic mass is 35.5. The van der Waals surface area contributed by atoms with E-state index in [-0.39, 0.29) is 24.0 Å². The van der Waals surface area contributed by atoms with E-state index in [0.29, 0.717) is 16.8 Å². The van der Waals surface area contributed by atoms with E-state index in [1.165, 1.54) is 10.8 Å². The Kier molecular flexibility index (Phi) is 8.06. The summed E-state index contributed by atoms with van der Waals surface area (Å²) in [5.74, 6) is -0.609. The third kappa shape index (κ3) is 5.91. The predicted molar refractivity (Wildman–Crippen MR) is 127 cm³/mol. The van der Waals surface area contributed by atoms with Crippen LogP contribution in [0.2, 0.25) is 5.02 Å². The van der Waals surface area contributed by atoms with Crippen molar-refractivity contribution in [2.24, 2.45) is 10.9 Å². The maximum Gasteiger partial charge on any atom is 0.276 e. The van der Waals surface area contributed by atoms with Gasteiger partial charge in [0.1, 0.15) is 5.69 Å². The number of carbonyl (C=O) groups excluding carboxylic acids is 1. The highest BCUT2D eigenvalue weighted by molar-refractivity contribution is 6.34. The first-order valence-corrected chi connectivity index (χ1v) is 10.5. The summed E-state index contributed by atoms with van der Waals surface area (Å²) in [6.07, 6.45) is 0.341. The van der Waals surface area contributed by atoms with E-state index in [2.05, 4.69) is 15.8 Å². The molecule has 2 aromatic carbocycles. The number of para-hydroxylation sites is 1. The number of anilines is 2. The summed E-state index contributed by atoms with van der Waals surface area (Å²) in [7, 11) is 0. The molecule has 172 valence electrons. The summed E-state index contributed by atoms with van der Waals surface area (Å²) in [6.45, 7) is 2.10. The van der Waals surface area contributed by atoms with Gasteiger partial charge in [0.2, 0.25) is 6.23 Å². The molecule has 0 aliphatic rings. The van der Waals surface area contributed by atoms with Crippen molar-refractivity contribution in [1.29, 1.82) is 0 Å². The Bertz CT molecular complexity index is 1200. The van der Waals surface area contributed by atoms with Crippen molar-refractivity contribution in [1.82, 2.24) is 9.88 Å². The molecule has 0 saturated heterocycles. The first-order valence-electron chi connectivity index (χ1n) is 10.1. The Hall–Kier alpha value is -3.82. The van der Waals surface area contributed by atoms with Crippen molar-refractivity contribution >= 4 is 34.7 Å². The van der Waals surface area contributed by atoms with Gasteiger partial charge in [0.05, 0.1) is 5.02 Å². The fourth-order valence-corrected chi connectivity index (χ4v) is 3.41. The lowest BCUT2D eigenvalue weighted by molar-refractivity contribution is -0.139. The van der Waals surface area contributed by atoms with E-state index in [1.807, 2.05) is 30.3 Å². The number of nitrogens with two attached hydrogens (primary N) is 1. The number of aromatic nitrogens is 1. The van der Waals surface area contributed by atoms with Gasteiger partial charge in [0.15, 0.2) is 5.84 Å². The summed E-state index contributed by atoms with van der Waals surface area (Å²) in [4.78, 5) is 25.9. The van der Waals surface area contributed by atoms with Gasteiger partial charge in [-0.25, -0.2) is 0 Å². The fraction of sp³-hybridized carbons (Fsp3) is 0.174. The highest BCUT2D eigenvalue weighted by Gasteiger charge is 2.22. The maximum atomic E-state index is 13.0. The van der Waals surface area contributed by atoms with Gasteiger partial charge >= 0.3 is 0 Å². The zero-order valence-corrected chi connectivity index (χ0v) is 18.6. The lowest BCUT2D eigenvalue weighted by atomic mass is 10.1. The van der Waals surface area contributed by atoms with Crippen LogP contribution >= 0.6 is 11.6 Å². The van der Waals surface area contributed by atoms with Gasteiger partial charge in [-0.2, -0.15) is 0 Å². The Labute approximate surface area is 195 Å². The monoisotopic (exact) mass is 469 g/mol. The molecule has 0 spiro atoms. The van der Waals surface area contributed by atoms with Crippen molar-refractivity contribution in [2.75, 3.05) is 11.9 Å². The van der Waals surface area contributed by atoms with Crippen LogP contribution in [0.3, 0.4) is 0 Å². The first kappa shape index (κ1) is 23.8. The number of nitrogens with one attached hydrogen (secondary N) is 2. The van der Waals surface area contributed by atoms with Crippen LogP contribution in [0.25, 0.3) is 0 Å². The summed E-state index contributed by atoms with van der Waals surface area (Å²) in [6, 6.07) is 17.4. The molecule has 33 heavy (non-hydrogen) atoms. The van der Waals surface area contributed by atoms with Crippen LogP contribution in [-0.4, -0.2) is 28.1 Å². The van der Waals surface area contributed by atoms with Gasteiger partial charge in [0, 0.05) is 30.6 Å². The number of amides is 1. The van der Waals surface area contributed by atoms with Gasteiger partial charge in [-0.1, -0.05) is 41.0 Å². The molecule has 0 radical (unpaired) electrons. The SMILES string of the molecule is CCO[C@@H](C(=O)NCc1ccc(C(N)=NO)c(Cl)c1)n1cccc(Nc2ccccc2)c1=O. The average Bonchev–Trinajstić information content (AvgIpc) is 2.83. The molecule has 10 heteroatoms. The van der Waals surface area contributed by atoms with Crippen molar-refractivity contribution in [2.45, 2.75) is 19.7 Å². The fourth-order valence-electron chi connectivity index (χ4n) is 3.11. The molecular weight excluding hydrogens is 446 g/mol. The number of ether oxygens (including phenoxy) is 1. The molecular formula is C23H24ClN5O4. The molecule has 1 atom stereocenters. The average molecular weight is 470 g/mol. The second kappa shape index (κ2) is 11.2. The molecule has 0 aliphatic heterocycles. The summed E-state index contributed by atoms with van der Waals surface area (Å²) in [5, 5.41) is 17.8. The van der Waals surface area contributed by atoms with Crippen LogP contribution in [0, 0.1) is 0 Å². The van der Waals surface area contributed by atoms with Gasteiger partial charge in [-0.3, -0.25) is 14.2 Å². The van der Waals surface area contributed by atoms with Crippen LogP contribution in [0.1, 0.15) is 24.3 Å². The Morgan fingerprint density at radius 1 is 1.21 bits per heavy atom. The van der Waals surface area contributed by atoms with Crippen molar-refractivity contribution in [3.05, 3.63) is 93.4 Å². The van der Waals surface area contributed by atoms with Crippen molar-refractivity contribution < 1.29 is 14.7 Å². The number of benzene rings is 2. The lowest BCUT2D eigenvalue weighted by Crippen LogP contribution is -2.38. The molecule has 0 aliphatic carbocycles. The van der Waals surface area contributed by atoms with Crippen LogP contribution in [0.15, 0.2) is 76.8 Å². The third-order valence-corrected chi connectivity index (χ3v) is 5.03. The van der Waals surface area contributed by atoms with E-state index in [1.54, 1.807) is 37.3 Å². The zero-order valence-electron chi connectivity index (χ0n) is 17.9. The van der Waals surface area contributed by atoms with Crippen molar-refractivity contribution in [3.63, 3.8) is 0 Å². The largest absolute Gasteiger partial charge is 0.409 e. The molecule has 1 amide bonds. The summed E-state index contributed by atoms with van der Waals surface area (Å²) in [5.41, 5.74) is 7.28. The van der Waals surface area contributed by atoms with E-state index >= 15 is 0 Å². The second-order valence-corrected chi connectivity index (χ2v) is 7.36. The number of hydrogen-bond donors (Lipinski definition) is 4. The molecule has 1 aromatic heterocycles. The molecule has 3 rings (SSSR count). The molecule has 0 unspecified atom stereocenters. The standard InChI is InChI=1S/C23H24ClN5O4/c1-2-33-23(21(30)26-14-15-10-11-17(18(24)13-15)20(25)28-32)29-12-6-9-19(22(29)31)27-16-7-4-3-5-8-16/h3-13,23,27,32H,2,14H2,1H3,(H2,25,28)(H,26,30)/t23-/m0/s1. The molecule has 0 bridgehead atoms. The van der Waals surface area contributed by atoms with Crippen LogP contribution in [0.5, 0.6) is 0 Å². The first-order chi connectivity index (χ1) is 15.9. The number of carbonyl (C=O) groups is 1. The van der Waals surface area contributed by atoms with Gasteiger partial charge < -0.3 is 26.3 Å². The van der Waals surface area contributed by atoms with E-state index in [4.69, 9.17) is 27.3 Å². The number of hydrogen-bond acceptors (Lipinski definition) is 6. The summed E-state index contributed by atoms with van der Waals surface area (Å²) < 4.78 is 6.82. The minimum atomic E-state index is -1.16. The normalized spacial score (nSPS) is 12.2. The second-order valence-electron chi connectivity index (χ2n) is 6.95. The number of nitrogens with zero attached hydrogens (tertiary/aromatic N) is 2. The number of halogens is 1. The van der Waals surface area contributed by atoms with Crippen LogP contribution < -0.4 is 21.9 Å². The van der Waals surface area contributed by atoms with E-state index in [9.17, 15) is 9.59 Å². The van der Waals surface area contributed by atoms with Gasteiger partial charge in [-0.05, 0) is 48.9 Å². The Balaban J connectivity index is 1.77. The minimum Gasteiger partial charge on any atom is -0.409 e. The maximum absolute atomic E-state index is 13.0. The zero-order chi connectivity index (χ0) is 23.8. The Morgan fingerprint density at radius 3 is 2.64 bits per heavy atom. The molecule has 3 aromatic rings. The van der Waals surface area contributed by atoms with E-state index in [0.717, 1.165) is 5.69 Å². The van der Waals surface area contributed by atoms with Crippen molar-refractivity contribution in [3.8, 4) is 0 Å². The van der Waals surface area contributed by atoms with Crippen LogP contribution in [0.4, 0.5) is 11.4 Å². The smallest absolute Gasteiger partial charge is 0.276 e. The van der Waals surface area contributed by atoms with Crippen LogP contribution in [-0.2, 0) is 16.1 Å². The predicted octanol–water partition coefficient (Wildman–Crippen LogP) is 3.19. The Morgan fingerprint density at radius 2 is 1.97 bits per heavy atom. The number of rotatable bonds is 9. The van der Waals surface area contributed by atoms with E-state index < -0.39 is 17.7 Å². The lowest BCUT2D eigenvalue weighted by Gasteiger charge is -2.20. The number of pyridine rings is 1.